The van der Waals surface area contributed by atoms with E-state index < -0.39 is 5.97 Å². The lowest BCUT2D eigenvalue weighted by Gasteiger charge is -2.35. The van der Waals surface area contributed by atoms with Crippen molar-refractivity contribution in [3.05, 3.63) is 35.4 Å². The quantitative estimate of drug-likeness (QED) is 0.847. The van der Waals surface area contributed by atoms with Crippen LogP contribution in [0.2, 0.25) is 0 Å². The molecule has 1 heterocycles. The molecule has 5 heteroatoms. The van der Waals surface area contributed by atoms with E-state index in [0.717, 1.165) is 12.1 Å². The van der Waals surface area contributed by atoms with E-state index in [2.05, 4.69) is 11.0 Å². The first kappa shape index (κ1) is 15.0. The van der Waals surface area contributed by atoms with E-state index in [1.54, 1.807) is 0 Å². The van der Waals surface area contributed by atoms with Crippen molar-refractivity contribution in [3.8, 4) is 0 Å². The predicted molar refractivity (Wildman–Crippen MR) is 76.6 cm³/mol. The Morgan fingerprint density at radius 2 is 2.10 bits per heavy atom. The molecule has 0 saturated heterocycles. The standard InChI is InChI=1S/C15H22N2O3/c1-16(2)7-8-17(9-15(18)19)14-11-20-10-12-5-3-4-6-13(12)14/h3-6,14H,7-11H2,1-2H3,(H,18,19). The van der Waals surface area contributed by atoms with Crippen LogP contribution in [0.15, 0.2) is 24.3 Å². The number of carboxylic acids is 1. The molecule has 0 bridgehead atoms. The molecule has 1 unspecified atom stereocenters. The van der Waals surface area contributed by atoms with Gasteiger partial charge in [-0.05, 0) is 25.2 Å². The largest absolute Gasteiger partial charge is 0.480 e. The number of carbonyl (C=O) groups is 1. The Labute approximate surface area is 119 Å². The first-order chi connectivity index (χ1) is 9.58. The van der Waals surface area contributed by atoms with Crippen LogP contribution in [0.25, 0.3) is 0 Å². The minimum Gasteiger partial charge on any atom is -0.480 e. The van der Waals surface area contributed by atoms with E-state index in [0.29, 0.717) is 19.8 Å². The Bertz CT molecular complexity index is 462. The predicted octanol–water partition coefficient (Wildman–Crippen LogP) is 1.21. The minimum atomic E-state index is -0.799. The third-order valence-electron chi connectivity index (χ3n) is 3.56. The van der Waals surface area contributed by atoms with Gasteiger partial charge >= 0.3 is 5.97 Å². The number of ether oxygens (including phenoxy) is 1. The molecule has 0 spiro atoms. The number of aliphatic carboxylic acids is 1. The molecular weight excluding hydrogens is 256 g/mol. The van der Waals surface area contributed by atoms with Crippen LogP contribution in [0, 0.1) is 0 Å². The smallest absolute Gasteiger partial charge is 0.317 e. The zero-order chi connectivity index (χ0) is 14.5. The van der Waals surface area contributed by atoms with Crippen LogP contribution < -0.4 is 0 Å². The number of carboxylic acid groups (broad SMARTS) is 1. The second-order valence-electron chi connectivity index (χ2n) is 5.40. The molecule has 110 valence electrons. The van der Waals surface area contributed by atoms with Crippen molar-refractivity contribution in [2.24, 2.45) is 0 Å². The maximum absolute atomic E-state index is 11.1. The second-order valence-corrected chi connectivity index (χ2v) is 5.40. The Kier molecular flexibility index (Phi) is 5.11. The Balaban J connectivity index is 2.18. The first-order valence-electron chi connectivity index (χ1n) is 6.84. The number of hydrogen-bond acceptors (Lipinski definition) is 4. The van der Waals surface area contributed by atoms with E-state index in [4.69, 9.17) is 9.84 Å². The van der Waals surface area contributed by atoms with E-state index >= 15 is 0 Å². The molecule has 2 rings (SSSR count). The summed E-state index contributed by atoms with van der Waals surface area (Å²) >= 11 is 0. The fraction of sp³-hybridized carbons (Fsp3) is 0.533. The molecule has 1 aromatic rings. The highest BCUT2D eigenvalue weighted by Gasteiger charge is 2.27. The van der Waals surface area contributed by atoms with Gasteiger partial charge in [0.2, 0.25) is 0 Å². The van der Waals surface area contributed by atoms with Crippen LogP contribution in [-0.2, 0) is 16.1 Å². The molecule has 20 heavy (non-hydrogen) atoms. The summed E-state index contributed by atoms with van der Waals surface area (Å²) in [5.74, 6) is -0.799. The molecule has 1 aromatic carbocycles. The molecule has 0 radical (unpaired) electrons. The van der Waals surface area contributed by atoms with Crippen LogP contribution in [0.3, 0.4) is 0 Å². The maximum Gasteiger partial charge on any atom is 0.317 e. The van der Waals surface area contributed by atoms with Crippen LogP contribution in [0.5, 0.6) is 0 Å². The van der Waals surface area contributed by atoms with Crippen molar-refractivity contribution in [1.29, 1.82) is 0 Å². The third-order valence-corrected chi connectivity index (χ3v) is 3.56. The van der Waals surface area contributed by atoms with Gasteiger partial charge in [0.05, 0.1) is 25.8 Å². The summed E-state index contributed by atoms with van der Waals surface area (Å²) in [7, 11) is 3.98. The number of likely N-dealkylation sites (N-methyl/N-ethyl adjacent to an activating group) is 1. The molecule has 1 aliphatic heterocycles. The van der Waals surface area contributed by atoms with E-state index in [1.807, 2.05) is 37.2 Å². The SMILES string of the molecule is CN(C)CCN(CC(=O)O)C1COCc2ccccc21. The van der Waals surface area contributed by atoms with Crippen LogP contribution in [0.4, 0.5) is 0 Å². The van der Waals surface area contributed by atoms with Crippen molar-refractivity contribution in [3.63, 3.8) is 0 Å². The van der Waals surface area contributed by atoms with Crippen molar-refractivity contribution < 1.29 is 14.6 Å². The number of fused-ring (bicyclic) bond motifs is 1. The van der Waals surface area contributed by atoms with E-state index in [1.165, 1.54) is 5.56 Å². The zero-order valence-electron chi connectivity index (χ0n) is 12.1. The summed E-state index contributed by atoms with van der Waals surface area (Å²) in [6.07, 6.45) is 0. The second kappa shape index (κ2) is 6.83. The highest BCUT2D eigenvalue weighted by molar-refractivity contribution is 5.69. The van der Waals surface area contributed by atoms with Crippen molar-refractivity contribution in [1.82, 2.24) is 9.80 Å². The summed E-state index contributed by atoms with van der Waals surface area (Å²) in [6.45, 7) is 2.74. The molecule has 5 nitrogen and oxygen atoms in total. The monoisotopic (exact) mass is 278 g/mol. The maximum atomic E-state index is 11.1. The molecule has 1 N–H and O–H groups in total. The van der Waals surface area contributed by atoms with Crippen LogP contribution in [0.1, 0.15) is 17.2 Å². The average molecular weight is 278 g/mol. The molecule has 1 aliphatic rings. The average Bonchev–Trinajstić information content (AvgIpc) is 2.42. The van der Waals surface area contributed by atoms with Gasteiger partial charge in [-0.25, -0.2) is 0 Å². The first-order valence-corrected chi connectivity index (χ1v) is 6.84. The summed E-state index contributed by atoms with van der Waals surface area (Å²) in [5, 5.41) is 9.13. The van der Waals surface area contributed by atoms with Crippen molar-refractivity contribution in [2.45, 2.75) is 12.6 Å². The lowest BCUT2D eigenvalue weighted by atomic mass is 9.97. The normalized spacial score (nSPS) is 18.3. The highest BCUT2D eigenvalue weighted by atomic mass is 16.5. The van der Waals surface area contributed by atoms with Gasteiger partial charge in [0.25, 0.3) is 0 Å². The molecular formula is C15H22N2O3. The summed E-state index contributed by atoms with van der Waals surface area (Å²) in [5.41, 5.74) is 2.35. The van der Waals surface area contributed by atoms with Gasteiger partial charge in [-0.15, -0.1) is 0 Å². The van der Waals surface area contributed by atoms with Crippen molar-refractivity contribution >= 4 is 5.97 Å². The van der Waals surface area contributed by atoms with Crippen LogP contribution in [-0.4, -0.2) is 61.2 Å². The highest BCUT2D eigenvalue weighted by Crippen LogP contribution is 2.29. The van der Waals surface area contributed by atoms with Crippen LogP contribution >= 0.6 is 0 Å². The summed E-state index contributed by atoms with van der Waals surface area (Å²) in [6, 6.07) is 8.14. The van der Waals surface area contributed by atoms with E-state index in [-0.39, 0.29) is 12.6 Å². The number of nitrogens with zero attached hydrogens (tertiary/aromatic N) is 2. The minimum absolute atomic E-state index is 0.0241. The fourth-order valence-electron chi connectivity index (χ4n) is 2.51. The lowest BCUT2D eigenvalue weighted by molar-refractivity contribution is -0.139. The fourth-order valence-corrected chi connectivity index (χ4v) is 2.51. The topological polar surface area (TPSA) is 53.0 Å². The molecule has 0 fully saturated rings. The molecule has 0 amide bonds. The zero-order valence-corrected chi connectivity index (χ0v) is 12.1. The third kappa shape index (κ3) is 3.79. The molecule has 1 atom stereocenters. The van der Waals surface area contributed by atoms with Gasteiger partial charge in [-0.2, -0.15) is 0 Å². The van der Waals surface area contributed by atoms with Gasteiger partial charge in [0.15, 0.2) is 0 Å². The molecule has 0 aromatic heterocycles. The van der Waals surface area contributed by atoms with Crippen molar-refractivity contribution in [2.75, 3.05) is 40.3 Å². The Morgan fingerprint density at radius 3 is 2.80 bits per heavy atom. The summed E-state index contributed by atoms with van der Waals surface area (Å²) < 4.78 is 5.63. The molecule has 0 aliphatic carbocycles. The van der Waals surface area contributed by atoms with Gasteiger partial charge in [0, 0.05) is 13.1 Å². The lowest BCUT2D eigenvalue weighted by Crippen LogP contribution is -2.41. The molecule has 0 saturated carbocycles. The number of benzene rings is 1. The number of rotatable bonds is 6. The summed E-state index contributed by atoms with van der Waals surface area (Å²) in [4.78, 5) is 15.2. The van der Waals surface area contributed by atoms with Gasteiger partial charge < -0.3 is 14.7 Å². The van der Waals surface area contributed by atoms with Gasteiger partial charge in [-0.3, -0.25) is 9.69 Å². The Morgan fingerprint density at radius 1 is 1.35 bits per heavy atom. The Hall–Kier alpha value is -1.43. The number of hydrogen-bond donors (Lipinski definition) is 1. The van der Waals surface area contributed by atoms with Gasteiger partial charge in [0.1, 0.15) is 0 Å². The van der Waals surface area contributed by atoms with Gasteiger partial charge in [-0.1, -0.05) is 24.3 Å². The van der Waals surface area contributed by atoms with E-state index in [9.17, 15) is 4.79 Å².